The molecule has 5 nitrogen and oxygen atoms in total. The van der Waals surface area contributed by atoms with Gasteiger partial charge in [0.05, 0.1) is 27.6 Å². The topological polar surface area (TPSA) is 51.0 Å². The lowest BCUT2D eigenvalue weighted by molar-refractivity contribution is 0.791. The number of benzene rings is 1. The van der Waals surface area contributed by atoms with Crippen molar-refractivity contribution >= 4 is 51.8 Å². The second kappa shape index (κ2) is 7.74. The van der Waals surface area contributed by atoms with Gasteiger partial charge >= 0.3 is 0 Å². The molecule has 0 aliphatic carbocycles. The highest BCUT2D eigenvalue weighted by atomic mass is 35.5. The van der Waals surface area contributed by atoms with Crippen molar-refractivity contribution in [1.82, 2.24) is 14.8 Å². The normalized spacial score (nSPS) is 10.9. The van der Waals surface area contributed by atoms with E-state index in [9.17, 15) is 4.79 Å². The number of thiazole rings is 1. The van der Waals surface area contributed by atoms with Crippen molar-refractivity contribution in [2.45, 2.75) is 6.42 Å². The molecule has 0 amide bonds. The van der Waals surface area contributed by atoms with E-state index >= 15 is 0 Å². The van der Waals surface area contributed by atoms with Gasteiger partial charge in [-0.15, -0.1) is 11.3 Å². The van der Waals surface area contributed by atoms with Crippen LogP contribution in [0.5, 0.6) is 0 Å². The van der Waals surface area contributed by atoms with Gasteiger partial charge in [-0.3, -0.25) is 4.79 Å². The lowest BCUT2D eigenvalue weighted by Gasteiger charge is -2.20. The molecule has 3 rings (SSSR count). The molecule has 0 spiro atoms. The van der Waals surface area contributed by atoms with E-state index in [2.05, 4.69) is 10.1 Å². The van der Waals surface area contributed by atoms with Crippen molar-refractivity contribution in [3.05, 3.63) is 66.4 Å². The van der Waals surface area contributed by atoms with Crippen molar-refractivity contribution in [2.75, 3.05) is 18.5 Å². The van der Waals surface area contributed by atoms with E-state index in [0.717, 1.165) is 11.4 Å². The molecule has 0 fully saturated rings. The molecule has 0 radical (unpaired) electrons. The fraction of sp³-hybridized carbons (Fsp3) is 0.188. The van der Waals surface area contributed by atoms with Crippen LogP contribution in [0, 0.1) is 0 Å². The first-order chi connectivity index (χ1) is 12.0. The second-order valence-electron chi connectivity index (χ2n) is 5.25. The van der Waals surface area contributed by atoms with E-state index < -0.39 is 5.56 Å². The molecule has 2 heterocycles. The van der Waals surface area contributed by atoms with Gasteiger partial charge in [-0.25, -0.2) is 4.98 Å². The van der Waals surface area contributed by atoms with Crippen LogP contribution in [0.3, 0.4) is 0 Å². The largest absolute Gasteiger partial charge is 0.372 e. The highest BCUT2D eigenvalue weighted by molar-refractivity contribution is 7.09. The Bertz CT molecular complexity index is 943. The first-order valence-electron chi connectivity index (χ1n) is 7.30. The average Bonchev–Trinajstić information content (AvgIpc) is 3.09. The maximum Gasteiger partial charge on any atom is 0.292 e. The number of aromatic nitrogens is 3. The fourth-order valence-corrected chi connectivity index (χ4v) is 3.65. The molecule has 9 heteroatoms. The number of hydrogen-bond donors (Lipinski definition) is 0. The van der Waals surface area contributed by atoms with Crippen LogP contribution in [-0.4, -0.2) is 28.4 Å². The van der Waals surface area contributed by atoms with Crippen LogP contribution in [0.25, 0.3) is 5.69 Å². The van der Waals surface area contributed by atoms with Crippen LogP contribution < -0.4 is 10.5 Å². The van der Waals surface area contributed by atoms with Crippen molar-refractivity contribution in [3.8, 4) is 5.69 Å². The van der Waals surface area contributed by atoms with E-state index in [4.69, 9.17) is 34.8 Å². The average molecular weight is 416 g/mol. The molecule has 0 atom stereocenters. The Kier molecular flexibility index (Phi) is 5.64. The quantitative estimate of drug-likeness (QED) is 0.622. The van der Waals surface area contributed by atoms with Gasteiger partial charge in [0, 0.05) is 36.6 Å². The number of likely N-dealkylation sites (N-methyl/N-ethyl adjacent to an activating group) is 1. The van der Waals surface area contributed by atoms with Gasteiger partial charge in [0.25, 0.3) is 5.56 Å². The van der Waals surface area contributed by atoms with Crippen LogP contribution in [0.15, 0.2) is 40.8 Å². The summed E-state index contributed by atoms with van der Waals surface area (Å²) in [4.78, 5) is 18.7. The van der Waals surface area contributed by atoms with Crippen LogP contribution >= 0.6 is 46.1 Å². The Labute approximate surface area is 163 Å². The zero-order chi connectivity index (χ0) is 18.0. The van der Waals surface area contributed by atoms with Gasteiger partial charge in [-0.05, 0) is 18.2 Å². The molecule has 1 aromatic carbocycles. The Morgan fingerprint density at radius 2 is 2.08 bits per heavy atom. The Balaban J connectivity index is 1.88. The van der Waals surface area contributed by atoms with Crippen molar-refractivity contribution in [2.24, 2.45) is 0 Å². The summed E-state index contributed by atoms with van der Waals surface area (Å²) in [5, 5.41) is 8.05. The summed E-state index contributed by atoms with van der Waals surface area (Å²) in [7, 11) is 1.86. The first-order valence-corrected chi connectivity index (χ1v) is 9.31. The lowest BCUT2D eigenvalue weighted by Crippen LogP contribution is -2.27. The number of anilines is 1. The molecule has 25 heavy (non-hydrogen) atoms. The molecule has 0 aliphatic rings. The van der Waals surface area contributed by atoms with Crippen molar-refractivity contribution < 1.29 is 0 Å². The Morgan fingerprint density at radius 1 is 1.28 bits per heavy atom. The number of nitrogens with zero attached hydrogens (tertiary/aromatic N) is 4. The zero-order valence-electron chi connectivity index (χ0n) is 13.1. The summed E-state index contributed by atoms with van der Waals surface area (Å²) >= 11 is 19.9. The smallest absolute Gasteiger partial charge is 0.292 e. The summed E-state index contributed by atoms with van der Waals surface area (Å²) in [5.41, 5.74) is 0.545. The monoisotopic (exact) mass is 414 g/mol. The summed E-state index contributed by atoms with van der Waals surface area (Å²) in [5.74, 6) is 0. The maximum atomic E-state index is 12.6. The minimum Gasteiger partial charge on any atom is -0.372 e. The summed E-state index contributed by atoms with van der Waals surface area (Å²) < 4.78 is 1.17. The molecule has 130 valence electrons. The van der Waals surface area contributed by atoms with E-state index in [0.29, 0.717) is 28.0 Å². The third kappa shape index (κ3) is 3.98. The van der Waals surface area contributed by atoms with Crippen LogP contribution in [-0.2, 0) is 6.42 Å². The highest BCUT2D eigenvalue weighted by Gasteiger charge is 2.15. The summed E-state index contributed by atoms with van der Waals surface area (Å²) in [6.07, 6.45) is 4.08. The minimum absolute atomic E-state index is 0.0858. The van der Waals surface area contributed by atoms with Gasteiger partial charge in [0.1, 0.15) is 5.02 Å². The predicted molar refractivity (Wildman–Crippen MR) is 104 cm³/mol. The van der Waals surface area contributed by atoms with Gasteiger partial charge in [0.2, 0.25) is 0 Å². The third-order valence-electron chi connectivity index (χ3n) is 3.59. The predicted octanol–water partition coefficient (Wildman–Crippen LogP) is 4.33. The second-order valence-corrected chi connectivity index (χ2v) is 7.45. The van der Waals surface area contributed by atoms with Crippen molar-refractivity contribution in [1.29, 1.82) is 0 Å². The Morgan fingerprint density at radius 3 is 2.76 bits per heavy atom. The summed E-state index contributed by atoms with van der Waals surface area (Å²) in [6.45, 7) is 0.667. The maximum absolute atomic E-state index is 12.6. The molecule has 3 aromatic rings. The fourth-order valence-electron chi connectivity index (χ4n) is 2.28. The molecule has 0 saturated carbocycles. The van der Waals surface area contributed by atoms with E-state index in [-0.39, 0.29) is 5.02 Å². The zero-order valence-corrected chi connectivity index (χ0v) is 16.2. The van der Waals surface area contributed by atoms with Crippen LogP contribution in [0.2, 0.25) is 15.1 Å². The van der Waals surface area contributed by atoms with Gasteiger partial charge in [-0.1, -0.05) is 34.8 Å². The first kappa shape index (κ1) is 18.2. The van der Waals surface area contributed by atoms with Gasteiger partial charge in [-0.2, -0.15) is 9.78 Å². The standard InChI is InChI=1S/C16H13Cl3N4OS/c1-22(6-4-14-20-5-7-25-14)13-9-21-23(16(24)15(13)19)12-3-2-10(17)8-11(12)18/h2-3,5,7-9H,4,6H2,1H3. The molecule has 0 unspecified atom stereocenters. The number of hydrogen-bond acceptors (Lipinski definition) is 5. The molecule has 0 saturated heterocycles. The Hall–Kier alpha value is -1.60. The molecular weight excluding hydrogens is 403 g/mol. The molecule has 0 bridgehead atoms. The summed E-state index contributed by atoms with van der Waals surface area (Å²) in [6, 6.07) is 4.81. The van der Waals surface area contributed by atoms with Crippen molar-refractivity contribution in [3.63, 3.8) is 0 Å². The highest BCUT2D eigenvalue weighted by Crippen LogP contribution is 2.25. The third-order valence-corrected chi connectivity index (χ3v) is 5.33. The lowest BCUT2D eigenvalue weighted by atomic mass is 10.3. The van der Waals surface area contributed by atoms with E-state index in [1.807, 2.05) is 17.3 Å². The van der Waals surface area contributed by atoms with E-state index in [1.165, 1.54) is 4.68 Å². The SMILES string of the molecule is CN(CCc1nccs1)c1cnn(-c2ccc(Cl)cc2Cl)c(=O)c1Cl. The van der Waals surface area contributed by atoms with Crippen LogP contribution in [0.4, 0.5) is 5.69 Å². The van der Waals surface area contributed by atoms with E-state index in [1.54, 1.807) is 41.9 Å². The van der Waals surface area contributed by atoms with Crippen LogP contribution in [0.1, 0.15) is 5.01 Å². The molecular formula is C16H13Cl3N4OS. The molecule has 2 aromatic heterocycles. The minimum atomic E-state index is -0.440. The molecule has 0 N–H and O–H groups in total. The number of rotatable bonds is 5. The number of halogens is 3. The molecule has 0 aliphatic heterocycles. The van der Waals surface area contributed by atoms with Gasteiger partial charge in [0.15, 0.2) is 0 Å². The van der Waals surface area contributed by atoms with Gasteiger partial charge < -0.3 is 4.90 Å².